The van der Waals surface area contributed by atoms with Gasteiger partial charge in [0.25, 0.3) is 0 Å². The zero-order chi connectivity index (χ0) is 44.5. The Kier molecular flexibility index (Phi) is 19.3. The van der Waals surface area contributed by atoms with Gasteiger partial charge in [-0.2, -0.15) is 0 Å². The first-order valence-electron chi connectivity index (χ1n) is 20.8. The minimum absolute atomic E-state index is 0.00571. The third-order valence-electron chi connectivity index (χ3n) is 9.80. The highest BCUT2D eigenvalue weighted by atomic mass is 32.2. The lowest BCUT2D eigenvalue weighted by Crippen LogP contribution is -2.45. The number of carboxylic acids is 1. The smallest absolute Gasteiger partial charge is 0.329 e. The first kappa shape index (κ1) is 49.0. The van der Waals surface area contributed by atoms with Crippen molar-refractivity contribution in [2.75, 3.05) is 38.3 Å². The molecule has 0 bridgehead atoms. The van der Waals surface area contributed by atoms with Gasteiger partial charge in [0.05, 0.1) is 22.7 Å². The summed E-state index contributed by atoms with van der Waals surface area (Å²) < 4.78 is 11.7. The fourth-order valence-electron chi connectivity index (χ4n) is 6.59. The Balaban J connectivity index is 1.50. The Morgan fingerprint density at radius 1 is 0.918 bits per heavy atom. The van der Waals surface area contributed by atoms with E-state index in [-0.39, 0.29) is 44.0 Å². The van der Waals surface area contributed by atoms with Gasteiger partial charge in [0.2, 0.25) is 11.8 Å². The molecule has 0 aliphatic carbocycles. The number of aromatic nitrogens is 1. The Morgan fingerprint density at radius 3 is 2.31 bits per heavy atom. The van der Waals surface area contributed by atoms with E-state index in [4.69, 9.17) is 15.2 Å². The van der Waals surface area contributed by atoms with E-state index in [9.17, 15) is 33.9 Å². The van der Waals surface area contributed by atoms with Crippen LogP contribution in [0.5, 0.6) is 0 Å². The number of hydrogen-bond acceptors (Lipinski definition) is 14. The number of Topliss-reactive ketones (excluding diaryl/α,β-unsaturated/α-hetero) is 1. The molecule has 0 saturated carbocycles. The summed E-state index contributed by atoms with van der Waals surface area (Å²) in [6.45, 7) is 6.44. The number of benzene rings is 2. The van der Waals surface area contributed by atoms with Gasteiger partial charge in [0, 0.05) is 36.1 Å². The number of nitrogens with two attached hydrogens (primary N) is 1. The summed E-state index contributed by atoms with van der Waals surface area (Å²) in [6, 6.07) is 12.7. The van der Waals surface area contributed by atoms with E-state index >= 15 is 0 Å². The number of carboxylic acid groups (broad SMARTS) is 1. The molecule has 4 rings (SSSR count). The number of aliphatic carboxylic acids is 1. The van der Waals surface area contributed by atoms with E-state index in [2.05, 4.69) is 20.6 Å². The van der Waals surface area contributed by atoms with Crippen LogP contribution in [-0.4, -0.2) is 106 Å². The number of ketones is 1. The highest BCUT2D eigenvalue weighted by Crippen LogP contribution is 2.32. The molecular weight excluding hydrogens is 821 g/mol. The fourth-order valence-corrected chi connectivity index (χ4v) is 8.69. The molecular formula is C44H60N6O9S2. The van der Waals surface area contributed by atoms with Crippen LogP contribution in [0, 0.1) is 11.8 Å². The van der Waals surface area contributed by atoms with E-state index in [0.29, 0.717) is 65.7 Å². The minimum atomic E-state index is -0.989. The molecule has 17 heteroatoms. The summed E-state index contributed by atoms with van der Waals surface area (Å²) in [7, 11) is 3.90. The number of thioether (sulfide) groups is 1. The van der Waals surface area contributed by atoms with Crippen LogP contribution < -0.4 is 16.4 Å². The van der Waals surface area contributed by atoms with Crippen LogP contribution in [0.4, 0.5) is 5.69 Å². The minimum Gasteiger partial charge on any atom is -0.480 e. The second-order valence-corrected chi connectivity index (χ2v) is 18.5. The number of rotatable bonds is 25. The molecule has 2 aromatic carbocycles. The van der Waals surface area contributed by atoms with E-state index < -0.39 is 53.3 Å². The van der Waals surface area contributed by atoms with Gasteiger partial charge in [-0.1, -0.05) is 36.8 Å². The fraction of sp³-hybridized carbons (Fsp3) is 0.545. The van der Waals surface area contributed by atoms with Crippen LogP contribution >= 0.6 is 23.1 Å². The van der Waals surface area contributed by atoms with E-state index in [1.54, 1.807) is 39.0 Å². The maximum atomic E-state index is 14.3. The van der Waals surface area contributed by atoms with Crippen LogP contribution in [0.1, 0.15) is 95.6 Å². The summed E-state index contributed by atoms with van der Waals surface area (Å²) >= 11 is 2.69. The molecule has 0 fully saturated rings. The summed E-state index contributed by atoms with van der Waals surface area (Å²) in [5, 5.41) is 16.4. The molecule has 332 valence electrons. The number of unbranched alkanes of at least 4 members (excludes halogenated alkanes) is 2. The van der Waals surface area contributed by atoms with Crippen molar-refractivity contribution in [1.82, 2.24) is 15.2 Å². The predicted molar refractivity (Wildman–Crippen MR) is 238 cm³/mol. The van der Waals surface area contributed by atoms with Crippen molar-refractivity contribution < 1.29 is 43.3 Å². The molecule has 1 aliphatic heterocycles. The second-order valence-electron chi connectivity index (χ2n) is 16.5. The number of carbonyl (C=O) groups is 6. The summed E-state index contributed by atoms with van der Waals surface area (Å²) in [4.78, 5) is 90.4. The van der Waals surface area contributed by atoms with Crippen LogP contribution in [0.3, 0.4) is 0 Å². The number of hydrogen-bond donors (Lipinski definition) is 4. The molecule has 5 N–H and O–H groups in total. The first-order chi connectivity index (χ1) is 29.0. The molecule has 0 spiro atoms. The lowest BCUT2D eigenvalue weighted by molar-refractivity contribution is -0.156. The lowest BCUT2D eigenvalue weighted by Gasteiger charge is -2.24. The Hall–Kier alpha value is -4.71. The summed E-state index contributed by atoms with van der Waals surface area (Å²) in [5.41, 5.74) is 7.02. The maximum Gasteiger partial charge on any atom is 0.329 e. The number of anilines is 1. The highest BCUT2D eigenvalue weighted by molar-refractivity contribution is 8.15. The predicted octanol–water partition coefficient (Wildman–Crippen LogP) is 5.97. The largest absolute Gasteiger partial charge is 0.480 e. The van der Waals surface area contributed by atoms with Gasteiger partial charge in [0.15, 0.2) is 11.8 Å². The highest BCUT2D eigenvalue weighted by Gasteiger charge is 2.32. The topological polar surface area (TPSA) is 220 Å². The number of nitrogens with zero attached hydrogens (tertiary/aromatic N) is 3. The number of thiazole rings is 1. The number of amides is 2. The molecule has 0 radical (unpaired) electrons. The Bertz CT molecular complexity index is 2000. The van der Waals surface area contributed by atoms with Crippen LogP contribution in [-0.2, 0) is 44.8 Å². The van der Waals surface area contributed by atoms with Crippen molar-refractivity contribution in [3.63, 3.8) is 0 Å². The molecule has 15 nitrogen and oxygen atoms in total. The molecule has 0 unspecified atom stereocenters. The lowest BCUT2D eigenvalue weighted by atomic mass is 9.90. The molecule has 0 saturated heterocycles. The monoisotopic (exact) mass is 880 g/mol. The van der Waals surface area contributed by atoms with Crippen LogP contribution in [0.2, 0.25) is 0 Å². The number of fused-ring (bicyclic) bond motifs is 1. The normalized spacial score (nSPS) is 15.5. The summed E-state index contributed by atoms with van der Waals surface area (Å²) in [6.07, 6.45) is 2.74. The SMILES string of the molecule is CN(C)CCCC[C@H](NC(=O)[C@H](CCC(=O)OC(C)(C)C)CC(=O)OCc1ccccc1)C(=O)C[C@@H](CCCCN)C(=O)Nc1ccc2nc(C3=N[C@@H](C(=O)O)CS3)sc2c1. The Morgan fingerprint density at radius 2 is 1.64 bits per heavy atom. The average molecular weight is 881 g/mol. The van der Waals surface area contributed by atoms with Crippen molar-refractivity contribution in [3.05, 3.63) is 59.1 Å². The van der Waals surface area contributed by atoms with Gasteiger partial charge >= 0.3 is 17.9 Å². The standard InChI is InChI=1S/C44H60N6O9S2/c1-44(2,3)59-37(52)20-17-30(24-38(53)58-26-28-13-7-6-8-14-28)40(55)47-32(16-10-12-22-50(4)5)35(51)23-29(15-9-11-21-45)39(54)46-31-18-19-33-36(25-31)61-42(48-33)41-49-34(27-60-41)43(56)57/h6-8,13-14,18-19,25,29-30,32,34H,9-12,15-17,20-24,26-27,45H2,1-5H3,(H,46,54)(H,47,55)(H,56,57)/t29-,30-,32+,34-/m1/s1. The molecule has 61 heavy (non-hydrogen) atoms. The van der Waals surface area contributed by atoms with Crippen molar-refractivity contribution in [3.8, 4) is 0 Å². The van der Waals surface area contributed by atoms with Gasteiger partial charge < -0.3 is 35.8 Å². The van der Waals surface area contributed by atoms with Gasteiger partial charge in [-0.15, -0.1) is 23.1 Å². The molecule has 3 aromatic rings. The van der Waals surface area contributed by atoms with Gasteiger partial charge in [-0.3, -0.25) is 29.0 Å². The van der Waals surface area contributed by atoms with Crippen molar-refractivity contribution in [2.45, 2.75) is 109 Å². The third kappa shape index (κ3) is 16.9. The number of aliphatic imine (C=N–C) groups is 1. The molecule has 1 aliphatic rings. The molecule has 2 heterocycles. The van der Waals surface area contributed by atoms with Crippen LogP contribution in [0.15, 0.2) is 53.5 Å². The quantitative estimate of drug-likeness (QED) is 0.0570. The first-order valence-corrected chi connectivity index (χ1v) is 22.6. The van der Waals surface area contributed by atoms with Gasteiger partial charge in [-0.05, 0) is 110 Å². The van der Waals surface area contributed by atoms with E-state index in [1.807, 2.05) is 49.3 Å². The molecule has 2 amide bonds. The van der Waals surface area contributed by atoms with Gasteiger partial charge in [0.1, 0.15) is 22.3 Å². The zero-order valence-corrected chi connectivity index (χ0v) is 37.4. The third-order valence-corrected chi connectivity index (χ3v) is 12.0. The number of ether oxygens (including phenoxy) is 2. The van der Waals surface area contributed by atoms with E-state index in [0.717, 1.165) is 23.2 Å². The van der Waals surface area contributed by atoms with Gasteiger partial charge in [-0.25, -0.2) is 9.78 Å². The average Bonchev–Trinajstić information content (AvgIpc) is 3.87. The second kappa shape index (κ2) is 24.1. The van der Waals surface area contributed by atoms with Crippen molar-refractivity contribution in [1.29, 1.82) is 0 Å². The Labute approximate surface area is 366 Å². The van der Waals surface area contributed by atoms with E-state index in [1.165, 1.54) is 23.1 Å². The van der Waals surface area contributed by atoms with Crippen LogP contribution in [0.25, 0.3) is 10.2 Å². The maximum absolute atomic E-state index is 14.3. The molecule has 4 atom stereocenters. The zero-order valence-electron chi connectivity index (χ0n) is 35.8. The number of carbonyl (C=O) groups excluding carboxylic acids is 5. The molecule has 1 aromatic heterocycles. The van der Waals surface area contributed by atoms with Crippen molar-refractivity contribution in [2.24, 2.45) is 22.6 Å². The van der Waals surface area contributed by atoms with Crippen molar-refractivity contribution >= 4 is 79.6 Å². The number of esters is 2. The summed E-state index contributed by atoms with van der Waals surface area (Å²) in [5.74, 6) is -4.75. The number of nitrogens with one attached hydrogen (secondary N) is 2.